The van der Waals surface area contributed by atoms with E-state index in [1.165, 1.54) is 0 Å². The molecular formula is C57H88O22. The van der Waals surface area contributed by atoms with Gasteiger partial charge in [-0.15, -0.1) is 0 Å². The number of carboxylic acids is 1. The molecule has 0 aromatic carbocycles. The van der Waals surface area contributed by atoms with Gasteiger partial charge in [0.25, 0.3) is 0 Å². The van der Waals surface area contributed by atoms with E-state index >= 15 is 0 Å². The predicted molar refractivity (Wildman–Crippen MR) is 275 cm³/mol. The Morgan fingerprint density at radius 1 is 0.646 bits per heavy atom. The van der Waals surface area contributed by atoms with Crippen molar-refractivity contribution < 1.29 is 108 Å². The maximum Gasteiger partial charge on any atom is 0.335 e. The molecule has 8 rings (SSSR count). The number of hydrogen-bond acceptors (Lipinski definition) is 21. The second-order valence-corrected chi connectivity index (χ2v) is 26.0. The lowest BCUT2D eigenvalue weighted by molar-refractivity contribution is -0.386. The Morgan fingerprint density at radius 2 is 1.19 bits per heavy atom. The molecule has 9 unspecified atom stereocenters. The zero-order valence-corrected chi connectivity index (χ0v) is 47.3. The molecule has 0 aromatic rings. The standard InChI is InChI=1S/C57H88O22/c1-12-25(3)47(70)78-44-45(79-48(71)26(4)13-2)57(24-60)28(20-52(44,5)6)27-14-15-32-54(9)18-17-34(53(7,8)31(54)16-19-55(32,10)56(27,11)21-33(57)61)74-51-43(77-50-39(66)37(64)35(62)29(22-58)72-50)41(40(67)42(76-51)46(68)69)75-49-38(65)36(63)30(23-59)73-49/h12-14,28-45,49-51,58-67H,15-24H2,1-11H3,(H,68,69)/b25-12-,26-13-/t28?,29?,30-,31?,32?,33+,34-,35-,36?,37+,38-,39?,40-,41+,42?,43?,44?,45-,49-,50-,51+,54-,55+,56+,57-/m0/s1. The molecule has 0 bridgehead atoms. The smallest absolute Gasteiger partial charge is 0.335 e. The summed E-state index contributed by atoms with van der Waals surface area (Å²) in [6, 6.07) is 0. The molecule has 7 fully saturated rings. The summed E-state index contributed by atoms with van der Waals surface area (Å²) in [4.78, 5) is 40.3. The molecular weight excluding hydrogens is 1040 g/mol. The molecule has 22 nitrogen and oxygen atoms in total. The summed E-state index contributed by atoms with van der Waals surface area (Å²) >= 11 is 0. The van der Waals surface area contributed by atoms with Crippen LogP contribution in [0.4, 0.5) is 0 Å². The number of fused-ring (bicyclic) bond motifs is 7. The maximum absolute atomic E-state index is 13.8. The number of allylic oxidation sites excluding steroid dienone is 4. The van der Waals surface area contributed by atoms with Gasteiger partial charge >= 0.3 is 17.9 Å². The highest BCUT2D eigenvalue weighted by Crippen LogP contribution is 2.76. The van der Waals surface area contributed by atoms with Gasteiger partial charge in [-0.05, 0) is 112 Å². The van der Waals surface area contributed by atoms with Crippen LogP contribution in [0.3, 0.4) is 0 Å². The highest BCUT2D eigenvalue weighted by atomic mass is 16.8. The van der Waals surface area contributed by atoms with Gasteiger partial charge < -0.3 is 94.1 Å². The Balaban J connectivity index is 1.12. The van der Waals surface area contributed by atoms with E-state index in [-0.39, 0.29) is 23.7 Å². The van der Waals surface area contributed by atoms with E-state index in [1.807, 2.05) is 13.8 Å². The van der Waals surface area contributed by atoms with Crippen LogP contribution in [0.25, 0.3) is 0 Å². The van der Waals surface area contributed by atoms with Crippen LogP contribution in [0, 0.1) is 50.2 Å². The van der Waals surface area contributed by atoms with Crippen LogP contribution >= 0.6 is 0 Å². The van der Waals surface area contributed by atoms with Gasteiger partial charge in [0, 0.05) is 16.6 Å². The predicted octanol–water partition coefficient (Wildman–Crippen LogP) is 1.29. The summed E-state index contributed by atoms with van der Waals surface area (Å²) in [5, 5.41) is 121. The summed E-state index contributed by atoms with van der Waals surface area (Å²) in [7, 11) is 0. The number of hydrogen-bond donors (Lipinski definition) is 11. The second-order valence-electron chi connectivity index (χ2n) is 26.0. The zero-order chi connectivity index (χ0) is 58.4. The van der Waals surface area contributed by atoms with E-state index in [1.54, 1.807) is 39.8 Å². The van der Waals surface area contributed by atoms with E-state index in [9.17, 15) is 70.6 Å². The minimum atomic E-state index is -2.10. The first-order valence-corrected chi connectivity index (χ1v) is 28.0. The van der Waals surface area contributed by atoms with Crippen LogP contribution in [0.5, 0.6) is 0 Å². The average Bonchev–Trinajstić information content (AvgIpc) is 3.87. The van der Waals surface area contributed by atoms with Gasteiger partial charge in [0.2, 0.25) is 0 Å². The number of rotatable bonds is 14. The number of aliphatic hydroxyl groups excluding tert-OH is 10. The molecule has 3 saturated heterocycles. The van der Waals surface area contributed by atoms with Crippen molar-refractivity contribution in [3.63, 3.8) is 0 Å². The average molecular weight is 1130 g/mol. The van der Waals surface area contributed by atoms with Gasteiger partial charge in [0.05, 0.1) is 37.4 Å². The third-order valence-corrected chi connectivity index (χ3v) is 21.3. The molecule has 4 saturated carbocycles. The molecule has 3 aliphatic heterocycles. The second kappa shape index (κ2) is 22.5. The molecule has 79 heavy (non-hydrogen) atoms. The Morgan fingerprint density at radius 3 is 1.73 bits per heavy atom. The number of carboxylic acid groups (broad SMARTS) is 1. The van der Waals surface area contributed by atoms with E-state index in [4.69, 9.17) is 37.9 Å². The van der Waals surface area contributed by atoms with E-state index in [0.717, 1.165) is 5.57 Å². The highest BCUT2D eigenvalue weighted by Gasteiger charge is 2.74. The number of aliphatic hydroxyl groups is 10. The molecule has 448 valence electrons. The van der Waals surface area contributed by atoms with E-state index in [0.29, 0.717) is 49.7 Å². The van der Waals surface area contributed by atoms with Gasteiger partial charge in [0.1, 0.15) is 67.1 Å². The SMILES string of the molecule is C/C=C(/C)C(=O)OC1[C@H](OC(=O)/C(C)=C\C)[C@@]2(CO)C(CC1(C)C)C1=CCC3[C@@]4(C)CC[C@H](O[C@@H]5OC(C(=O)O)[C@@H](O)[C@@H](O[C@@H]6O[C@@H](CO)C(O)[C@@H]6O)C5O[C@@H]5OC(CO)[C@H](O)[C@@H](O)C5O)C(C)(C)C4CC[C@@]3(C)[C@]1(C)C[C@H]2O. The van der Waals surface area contributed by atoms with Crippen LogP contribution in [0.15, 0.2) is 34.9 Å². The number of ether oxygens (including phenoxy) is 8. The normalized spacial score (nSPS) is 48.6. The van der Waals surface area contributed by atoms with Gasteiger partial charge in [-0.1, -0.05) is 72.3 Å². The summed E-state index contributed by atoms with van der Waals surface area (Å²) in [5.74, 6) is -3.40. The fourth-order valence-electron chi connectivity index (χ4n) is 16.2. The number of esters is 2. The Hall–Kier alpha value is -3.01. The van der Waals surface area contributed by atoms with Crippen molar-refractivity contribution >= 4 is 17.9 Å². The zero-order valence-electron chi connectivity index (χ0n) is 47.3. The number of carbonyl (C=O) groups excluding carboxylic acids is 2. The molecule has 3 heterocycles. The van der Waals surface area contributed by atoms with E-state index < -0.39 is 181 Å². The molecule has 22 heteroatoms. The number of aliphatic carboxylic acids is 1. The first-order chi connectivity index (χ1) is 36.9. The van der Waals surface area contributed by atoms with Crippen molar-refractivity contribution in [2.75, 3.05) is 19.8 Å². The Labute approximate surface area is 461 Å². The van der Waals surface area contributed by atoms with Gasteiger partial charge in [-0.3, -0.25) is 0 Å². The van der Waals surface area contributed by atoms with Crippen molar-refractivity contribution in [2.24, 2.45) is 50.2 Å². The third kappa shape index (κ3) is 9.99. The quantitative estimate of drug-likeness (QED) is 0.0505. The van der Waals surface area contributed by atoms with Crippen molar-refractivity contribution in [1.29, 1.82) is 0 Å². The Bertz CT molecular complexity index is 2350. The van der Waals surface area contributed by atoms with Crippen LogP contribution in [0.1, 0.15) is 121 Å². The summed E-state index contributed by atoms with van der Waals surface area (Å²) in [6.45, 7) is 19.4. The lowest BCUT2D eigenvalue weighted by Gasteiger charge is -2.72. The molecule has 0 spiro atoms. The molecule has 0 aromatic heterocycles. The first-order valence-electron chi connectivity index (χ1n) is 28.0. The van der Waals surface area contributed by atoms with Crippen molar-refractivity contribution in [3.05, 3.63) is 34.9 Å². The van der Waals surface area contributed by atoms with E-state index in [2.05, 4.69) is 40.7 Å². The molecule has 11 N–H and O–H groups in total. The van der Waals surface area contributed by atoms with Crippen molar-refractivity contribution in [3.8, 4) is 0 Å². The minimum absolute atomic E-state index is 0.0232. The van der Waals surface area contributed by atoms with Crippen LogP contribution in [-0.4, -0.2) is 204 Å². The molecule has 0 radical (unpaired) electrons. The van der Waals surface area contributed by atoms with Gasteiger partial charge in [-0.25, -0.2) is 14.4 Å². The third-order valence-electron chi connectivity index (χ3n) is 21.3. The molecule has 0 amide bonds. The highest BCUT2D eigenvalue weighted by molar-refractivity contribution is 5.89. The van der Waals surface area contributed by atoms with Crippen LogP contribution in [-0.2, 0) is 52.3 Å². The van der Waals surface area contributed by atoms with Crippen molar-refractivity contribution in [2.45, 2.75) is 232 Å². The lowest BCUT2D eigenvalue weighted by Crippen LogP contribution is -2.72. The Kier molecular flexibility index (Phi) is 17.7. The van der Waals surface area contributed by atoms with Crippen LogP contribution < -0.4 is 0 Å². The molecule has 5 aliphatic carbocycles. The monoisotopic (exact) mass is 1120 g/mol. The first kappa shape index (κ1) is 62.0. The van der Waals surface area contributed by atoms with Gasteiger partial charge in [0.15, 0.2) is 31.1 Å². The summed E-state index contributed by atoms with van der Waals surface area (Å²) in [6.07, 6.45) is -20.2. The molecule has 25 atom stereocenters. The fourth-order valence-corrected chi connectivity index (χ4v) is 16.2. The largest absolute Gasteiger partial charge is 0.479 e. The lowest BCUT2D eigenvalue weighted by atomic mass is 9.33. The topological polar surface area (TPSA) is 348 Å². The van der Waals surface area contributed by atoms with Gasteiger partial charge in [-0.2, -0.15) is 0 Å². The summed E-state index contributed by atoms with van der Waals surface area (Å²) < 4.78 is 49.2. The fraction of sp³-hybridized carbons (Fsp3) is 0.842. The number of carbonyl (C=O) groups is 3. The van der Waals surface area contributed by atoms with Crippen LogP contribution in [0.2, 0.25) is 0 Å². The maximum atomic E-state index is 13.8. The van der Waals surface area contributed by atoms with Crippen molar-refractivity contribution in [1.82, 2.24) is 0 Å². The summed E-state index contributed by atoms with van der Waals surface area (Å²) in [5.41, 5.74) is -2.71. The molecule has 8 aliphatic rings. The minimum Gasteiger partial charge on any atom is -0.479 e.